The van der Waals surface area contributed by atoms with E-state index in [1.165, 1.54) is 0 Å². The first kappa shape index (κ1) is 14.3. The predicted octanol–water partition coefficient (Wildman–Crippen LogP) is 4.65. The van der Waals surface area contributed by atoms with Gasteiger partial charge in [0.25, 0.3) is 0 Å². The Morgan fingerprint density at radius 3 is 2.70 bits per heavy atom. The second-order valence-corrected chi connectivity index (χ2v) is 5.17. The molecule has 0 amide bonds. The SMILES string of the molecule is Cc1cc(C=CC(=O)O)ccc1Oc1cccc(Br)c1. The monoisotopic (exact) mass is 332 g/mol. The number of benzene rings is 2. The lowest BCUT2D eigenvalue weighted by Gasteiger charge is -2.09. The van der Waals surface area contributed by atoms with Gasteiger partial charge in [-0.25, -0.2) is 4.79 Å². The topological polar surface area (TPSA) is 46.5 Å². The van der Waals surface area contributed by atoms with Gasteiger partial charge in [-0.1, -0.05) is 28.1 Å². The van der Waals surface area contributed by atoms with Crippen molar-refractivity contribution in [2.24, 2.45) is 0 Å². The molecular formula is C16H13BrO3. The van der Waals surface area contributed by atoms with Gasteiger partial charge in [-0.2, -0.15) is 0 Å². The number of aliphatic carboxylic acids is 1. The zero-order valence-electron chi connectivity index (χ0n) is 10.8. The number of halogens is 1. The standard InChI is InChI=1S/C16H13BrO3/c1-11-9-12(6-8-16(18)19)5-7-15(11)20-14-4-2-3-13(17)10-14/h2-10H,1H3,(H,18,19). The molecule has 0 aliphatic heterocycles. The summed E-state index contributed by atoms with van der Waals surface area (Å²) in [4.78, 5) is 10.5. The number of hydrogen-bond donors (Lipinski definition) is 1. The molecule has 0 fully saturated rings. The molecule has 0 aliphatic rings. The summed E-state index contributed by atoms with van der Waals surface area (Å²) >= 11 is 3.39. The summed E-state index contributed by atoms with van der Waals surface area (Å²) in [6.07, 6.45) is 2.67. The summed E-state index contributed by atoms with van der Waals surface area (Å²) in [5.41, 5.74) is 1.77. The van der Waals surface area contributed by atoms with Crippen LogP contribution in [-0.4, -0.2) is 11.1 Å². The Hall–Kier alpha value is -2.07. The second kappa shape index (κ2) is 6.39. The van der Waals surface area contributed by atoms with Gasteiger partial charge in [0, 0.05) is 10.5 Å². The summed E-state index contributed by atoms with van der Waals surface area (Å²) in [5.74, 6) is 0.531. The van der Waals surface area contributed by atoms with Gasteiger partial charge in [-0.05, 0) is 54.5 Å². The van der Waals surface area contributed by atoms with Gasteiger partial charge in [-0.3, -0.25) is 0 Å². The molecule has 3 nitrogen and oxygen atoms in total. The van der Waals surface area contributed by atoms with Gasteiger partial charge < -0.3 is 9.84 Å². The molecule has 1 N–H and O–H groups in total. The van der Waals surface area contributed by atoms with Crippen molar-refractivity contribution in [3.63, 3.8) is 0 Å². The first-order chi connectivity index (χ1) is 9.54. The molecule has 2 rings (SSSR count). The number of ether oxygens (including phenoxy) is 1. The highest BCUT2D eigenvalue weighted by atomic mass is 79.9. The van der Waals surface area contributed by atoms with E-state index >= 15 is 0 Å². The van der Waals surface area contributed by atoms with E-state index < -0.39 is 5.97 Å². The van der Waals surface area contributed by atoms with Crippen molar-refractivity contribution >= 4 is 28.0 Å². The van der Waals surface area contributed by atoms with E-state index in [9.17, 15) is 4.79 Å². The fraction of sp³-hybridized carbons (Fsp3) is 0.0625. The van der Waals surface area contributed by atoms with Crippen molar-refractivity contribution in [1.29, 1.82) is 0 Å². The molecule has 0 aliphatic carbocycles. The quantitative estimate of drug-likeness (QED) is 0.829. The Morgan fingerprint density at radius 2 is 2.05 bits per heavy atom. The van der Waals surface area contributed by atoms with E-state index in [1.807, 2.05) is 49.4 Å². The van der Waals surface area contributed by atoms with Gasteiger partial charge >= 0.3 is 5.97 Å². The molecule has 0 saturated carbocycles. The Morgan fingerprint density at radius 1 is 1.25 bits per heavy atom. The van der Waals surface area contributed by atoms with Crippen LogP contribution in [0.15, 0.2) is 53.0 Å². The molecule has 2 aromatic rings. The highest BCUT2D eigenvalue weighted by Gasteiger charge is 2.02. The largest absolute Gasteiger partial charge is 0.478 e. The van der Waals surface area contributed by atoms with Gasteiger partial charge in [0.1, 0.15) is 11.5 Å². The van der Waals surface area contributed by atoms with Crippen molar-refractivity contribution in [3.05, 3.63) is 64.1 Å². The van der Waals surface area contributed by atoms with Crippen molar-refractivity contribution in [2.75, 3.05) is 0 Å². The third-order valence-corrected chi connectivity index (χ3v) is 3.13. The van der Waals surface area contributed by atoms with Crippen LogP contribution >= 0.6 is 15.9 Å². The number of carboxylic acids is 1. The Balaban J connectivity index is 2.20. The zero-order chi connectivity index (χ0) is 14.5. The van der Waals surface area contributed by atoms with Crippen molar-refractivity contribution < 1.29 is 14.6 Å². The number of carbonyl (C=O) groups is 1. The molecule has 0 bridgehead atoms. The highest BCUT2D eigenvalue weighted by Crippen LogP contribution is 2.27. The van der Waals surface area contributed by atoms with Gasteiger partial charge in [0.05, 0.1) is 0 Å². The molecule has 0 aromatic heterocycles. The third-order valence-electron chi connectivity index (χ3n) is 2.64. The lowest BCUT2D eigenvalue weighted by Crippen LogP contribution is -1.89. The van der Waals surface area contributed by atoms with Crippen molar-refractivity contribution in [1.82, 2.24) is 0 Å². The van der Waals surface area contributed by atoms with E-state index in [-0.39, 0.29) is 0 Å². The van der Waals surface area contributed by atoms with E-state index in [0.717, 1.165) is 33.2 Å². The van der Waals surface area contributed by atoms with Gasteiger partial charge in [0.2, 0.25) is 0 Å². The summed E-state index contributed by atoms with van der Waals surface area (Å²) in [6.45, 7) is 1.92. The van der Waals surface area contributed by atoms with Crippen LogP contribution in [0.25, 0.3) is 6.08 Å². The van der Waals surface area contributed by atoms with Crippen LogP contribution in [0.3, 0.4) is 0 Å². The minimum Gasteiger partial charge on any atom is -0.478 e. The summed E-state index contributed by atoms with van der Waals surface area (Å²) in [6, 6.07) is 13.1. The lowest BCUT2D eigenvalue weighted by atomic mass is 10.1. The predicted molar refractivity (Wildman–Crippen MR) is 82.1 cm³/mol. The minimum absolute atomic E-state index is 0.746. The average molecular weight is 333 g/mol. The van der Waals surface area contributed by atoms with E-state index in [0.29, 0.717) is 0 Å². The van der Waals surface area contributed by atoms with Crippen molar-refractivity contribution in [3.8, 4) is 11.5 Å². The average Bonchev–Trinajstić information content (AvgIpc) is 2.39. The van der Waals surface area contributed by atoms with E-state index in [4.69, 9.17) is 9.84 Å². The molecule has 102 valence electrons. The molecule has 20 heavy (non-hydrogen) atoms. The molecule has 0 heterocycles. The van der Waals surface area contributed by atoms with Crippen LogP contribution in [0.4, 0.5) is 0 Å². The fourth-order valence-electron chi connectivity index (χ4n) is 1.72. The first-order valence-corrected chi connectivity index (χ1v) is 6.79. The number of carboxylic acid groups (broad SMARTS) is 1. The zero-order valence-corrected chi connectivity index (χ0v) is 12.4. The number of rotatable bonds is 4. The molecule has 0 spiro atoms. The Labute approximate surface area is 125 Å². The molecule has 0 radical (unpaired) electrons. The Bertz CT molecular complexity index is 663. The summed E-state index contributed by atoms with van der Waals surface area (Å²) in [5, 5.41) is 8.60. The normalized spacial score (nSPS) is 10.7. The van der Waals surface area contributed by atoms with Crippen molar-refractivity contribution in [2.45, 2.75) is 6.92 Å². The molecule has 2 aromatic carbocycles. The molecule has 0 unspecified atom stereocenters. The highest BCUT2D eigenvalue weighted by molar-refractivity contribution is 9.10. The van der Waals surface area contributed by atoms with Crippen LogP contribution in [0.1, 0.15) is 11.1 Å². The minimum atomic E-state index is -0.961. The summed E-state index contributed by atoms with van der Waals surface area (Å²) in [7, 11) is 0. The fourth-order valence-corrected chi connectivity index (χ4v) is 2.09. The second-order valence-electron chi connectivity index (χ2n) is 4.26. The molecular weight excluding hydrogens is 320 g/mol. The maximum absolute atomic E-state index is 10.5. The molecule has 0 saturated heterocycles. The van der Waals surface area contributed by atoms with Crippen LogP contribution in [0.2, 0.25) is 0 Å². The first-order valence-electron chi connectivity index (χ1n) is 6.00. The van der Waals surface area contributed by atoms with Crippen LogP contribution in [-0.2, 0) is 4.79 Å². The van der Waals surface area contributed by atoms with Crippen LogP contribution < -0.4 is 4.74 Å². The smallest absolute Gasteiger partial charge is 0.328 e. The van der Waals surface area contributed by atoms with Gasteiger partial charge in [-0.15, -0.1) is 0 Å². The Kier molecular flexibility index (Phi) is 4.58. The van der Waals surface area contributed by atoms with E-state index in [2.05, 4.69) is 15.9 Å². The van der Waals surface area contributed by atoms with Crippen LogP contribution in [0.5, 0.6) is 11.5 Å². The summed E-state index contributed by atoms with van der Waals surface area (Å²) < 4.78 is 6.75. The number of aryl methyl sites for hydroxylation is 1. The maximum atomic E-state index is 10.5. The number of hydrogen-bond acceptors (Lipinski definition) is 2. The third kappa shape index (κ3) is 3.96. The maximum Gasteiger partial charge on any atom is 0.328 e. The lowest BCUT2D eigenvalue weighted by molar-refractivity contribution is -0.131. The van der Waals surface area contributed by atoms with Crippen LogP contribution in [0, 0.1) is 6.92 Å². The molecule has 0 atom stereocenters. The van der Waals surface area contributed by atoms with E-state index in [1.54, 1.807) is 6.08 Å². The molecule has 4 heteroatoms. The van der Waals surface area contributed by atoms with Gasteiger partial charge in [0.15, 0.2) is 0 Å².